The van der Waals surface area contributed by atoms with Gasteiger partial charge in [0, 0.05) is 0 Å². The van der Waals surface area contributed by atoms with Gasteiger partial charge in [0.15, 0.2) is 0 Å². The van der Waals surface area contributed by atoms with E-state index in [4.69, 9.17) is 9.47 Å². The molecule has 5 nitrogen and oxygen atoms in total. The van der Waals surface area contributed by atoms with Crippen molar-refractivity contribution in [3.05, 3.63) is 29.6 Å². The zero-order valence-electron chi connectivity index (χ0n) is 24.1. The molecule has 212 valence electrons. The van der Waals surface area contributed by atoms with Crippen molar-refractivity contribution in [2.24, 2.45) is 0 Å². The van der Waals surface area contributed by atoms with Crippen molar-refractivity contribution < 1.29 is 19.1 Å². The normalized spacial score (nSPS) is 11.0. The van der Waals surface area contributed by atoms with Gasteiger partial charge in [-0.2, -0.15) is 0 Å². The molecule has 0 N–H and O–H groups in total. The fraction of sp³-hybridized carbons (Fsp3) is 0.781. The number of aromatic nitrogens is 1. The van der Waals surface area contributed by atoms with Crippen molar-refractivity contribution in [2.75, 3.05) is 13.2 Å². The Balaban J connectivity index is 2.06. The third kappa shape index (κ3) is 18.9. The molecule has 37 heavy (non-hydrogen) atoms. The third-order valence-electron chi connectivity index (χ3n) is 6.88. The lowest BCUT2D eigenvalue weighted by molar-refractivity contribution is 0.0482. The quantitative estimate of drug-likeness (QED) is 0.0954. The van der Waals surface area contributed by atoms with Crippen LogP contribution in [0.15, 0.2) is 18.2 Å². The van der Waals surface area contributed by atoms with Crippen LogP contribution in [0.25, 0.3) is 0 Å². The summed E-state index contributed by atoms with van der Waals surface area (Å²) in [5.74, 6) is -0.953. The van der Waals surface area contributed by atoms with E-state index < -0.39 is 11.9 Å². The Morgan fingerprint density at radius 2 is 0.811 bits per heavy atom. The summed E-state index contributed by atoms with van der Waals surface area (Å²) in [5, 5.41) is 0. The van der Waals surface area contributed by atoms with Crippen LogP contribution < -0.4 is 0 Å². The van der Waals surface area contributed by atoms with Crippen LogP contribution in [0, 0.1) is 0 Å². The van der Waals surface area contributed by atoms with Crippen LogP contribution in [0.5, 0.6) is 0 Å². The molecule has 0 aliphatic carbocycles. The molecule has 1 aromatic rings. The highest BCUT2D eigenvalue weighted by atomic mass is 16.5. The summed E-state index contributed by atoms with van der Waals surface area (Å²) in [4.78, 5) is 28.8. The van der Waals surface area contributed by atoms with E-state index in [1.54, 1.807) is 18.2 Å². The van der Waals surface area contributed by atoms with Crippen LogP contribution in [0.1, 0.15) is 170 Å². The summed E-state index contributed by atoms with van der Waals surface area (Å²) in [6, 6.07) is 4.82. The first-order valence-electron chi connectivity index (χ1n) is 15.5. The van der Waals surface area contributed by atoms with E-state index in [1.165, 1.54) is 109 Å². The molecule has 0 radical (unpaired) electrons. The molecule has 0 unspecified atom stereocenters. The van der Waals surface area contributed by atoms with Gasteiger partial charge in [0.1, 0.15) is 11.4 Å². The van der Waals surface area contributed by atoms with Gasteiger partial charge >= 0.3 is 11.9 Å². The van der Waals surface area contributed by atoms with E-state index in [2.05, 4.69) is 18.8 Å². The Morgan fingerprint density at radius 1 is 0.514 bits per heavy atom. The zero-order chi connectivity index (χ0) is 26.8. The molecular weight excluding hydrogens is 462 g/mol. The number of unbranched alkanes of at least 4 members (excludes halogenated alkanes) is 19. The van der Waals surface area contributed by atoms with Gasteiger partial charge in [-0.05, 0) is 25.0 Å². The van der Waals surface area contributed by atoms with E-state index in [9.17, 15) is 9.59 Å². The molecule has 0 saturated carbocycles. The number of ether oxygens (including phenoxy) is 2. The average molecular weight is 518 g/mol. The van der Waals surface area contributed by atoms with Gasteiger partial charge in [0.05, 0.1) is 13.2 Å². The highest BCUT2D eigenvalue weighted by Gasteiger charge is 2.14. The number of rotatable bonds is 25. The van der Waals surface area contributed by atoms with Gasteiger partial charge < -0.3 is 9.47 Å². The van der Waals surface area contributed by atoms with E-state index in [0.29, 0.717) is 13.2 Å². The van der Waals surface area contributed by atoms with Gasteiger partial charge in [-0.1, -0.05) is 142 Å². The number of pyridine rings is 1. The summed E-state index contributed by atoms with van der Waals surface area (Å²) in [5.41, 5.74) is 0.325. The molecule has 0 spiro atoms. The van der Waals surface area contributed by atoms with Gasteiger partial charge in [-0.25, -0.2) is 14.6 Å². The van der Waals surface area contributed by atoms with Gasteiger partial charge in [-0.3, -0.25) is 0 Å². The summed E-state index contributed by atoms with van der Waals surface area (Å²) >= 11 is 0. The second-order valence-electron chi connectivity index (χ2n) is 10.4. The van der Waals surface area contributed by atoms with E-state index in [1.807, 2.05) is 0 Å². The van der Waals surface area contributed by atoms with Crippen LogP contribution in [0.4, 0.5) is 0 Å². The van der Waals surface area contributed by atoms with Crippen LogP contribution in [-0.2, 0) is 9.47 Å². The van der Waals surface area contributed by atoms with Crippen molar-refractivity contribution in [1.82, 2.24) is 4.98 Å². The molecule has 0 saturated heterocycles. The maximum absolute atomic E-state index is 12.3. The van der Waals surface area contributed by atoms with Crippen molar-refractivity contribution in [3.8, 4) is 0 Å². The van der Waals surface area contributed by atoms with Gasteiger partial charge in [0.25, 0.3) is 0 Å². The Labute approximate surface area is 227 Å². The smallest absolute Gasteiger partial charge is 0.356 e. The number of hydrogen-bond acceptors (Lipinski definition) is 5. The van der Waals surface area contributed by atoms with Crippen molar-refractivity contribution in [2.45, 2.75) is 149 Å². The van der Waals surface area contributed by atoms with Crippen molar-refractivity contribution in [3.63, 3.8) is 0 Å². The number of nitrogens with zero attached hydrogens (tertiary/aromatic N) is 1. The molecule has 0 aromatic carbocycles. The van der Waals surface area contributed by atoms with Crippen LogP contribution in [-0.4, -0.2) is 30.1 Å². The highest BCUT2D eigenvalue weighted by molar-refractivity contribution is 5.91. The SMILES string of the molecule is CCCCCCCCCCCCCCCOC(=O)c1cccc(C(=O)OCCCCCCCCCC)n1. The molecule has 0 amide bonds. The molecular formula is C32H55NO4. The summed E-state index contributed by atoms with van der Waals surface area (Å²) in [6.07, 6.45) is 26.2. The Kier molecular flexibility index (Phi) is 21.9. The highest BCUT2D eigenvalue weighted by Crippen LogP contribution is 2.13. The molecule has 5 heteroatoms. The Morgan fingerprint density at radius 3 is 1.14 bits per heavy atom. The third-order valence-corrected chi connectivity index (χ3v) is 6.88. The van der Waals surface area contributed by atoms with Crippen molar-refractivity contribution in [1.29, 1.82) is 0 Å². The fourth-order valence-electron chi connectivity index (χ4n) is 4.50. The summed E-state index contributed by atoms with van der Waals surface area (Å²) in [6.45, 7) is 5.27. The minimum atomic E-state index is -0.478. The second kappa shape index (κ2) is 24.4. The summed E-state index contributed by atoms with van der Waals surface area (Å²) < 4.78 is 10.7. The molecule has 1 rings (SSSR count). The Bertz CT molecular complexity index is 691. The number of carbonyl (C=O) groups excluding carboxylic acids is 2. The van der Waals surface area contributed by atoms with Crippen molar-refractivity contribution >= 4 is 11.9 Å². The van der Waals surface area contributed by atoms with Crippen LogP contribution in [0.3, 0.4) is 0 Å². The summed E-state index contributed by atoms with van der Waals surface area (Å²) in [7, 11) is 0. The lowest BCUT2D eigenvalue weighted by atomic mass is 10.0. The molecule has 1 aromatic heterocycles. The van der Waals surface area contributed by atoms with Gasteiger partial charge in [0.2, 0.25) is 0 Å². The first-order chi connectivity index (χ1) is 18.2. The van der Waals surface area contributed by atoms with Crippen LogP contribution >= 0.6 is 0 Å². The standard InChI is InChI=1S/C32H55NO4/c1-3-5-7-9-11-13-14-15-16-17-19-21-23-28-37-32(35)30-26-24-25-29(33-30)31(34)36-27-22-20-18-12-10-8-6-4-2/h24-26H,3-23,27-28H2,1-2H3. The molecule has 0 atom stereocenters. The second-order valence-corrected chi connectivity index (χ2v) is 10.4. The largest absolute Gasteiger partial charge is 0.461 e. The molecule has 0 aliphatic rings. The van der Waals surface area contributed by atoms with E-state index in [0.717, 1.165) is 25.7 Å². The molecule has 1 heterocycles. The minimum Gasteiger partial charge on any atom is -0.461 e. The molecule has 0 bridgehead atoms. The number of carbonyl (C=O) groups is 2. The average Bonchev–Trinajstić information content (AvgIpc) is 2.92. The zero-order valence-corrected chi connectivity index (χ0v) is 24.1. The molecule has 0 aliphatic heterocycles. The maximum Gasteiger partial charge on any atom is 0.356 e. The Hall–Kier alpha value is -1.91. The number of hydrogen-bond donors (Lipinski definition) is 0. The lowest BCUT2D eigenvalue weighted by Gasteiger charge is -2.07. The van der Waals surface area contributed by atoms with E-state index >= 15 is 0 Å². The van der Waals surface area contributed by atoms with Crippen LogP contribution in [0.2, 0.25) is 0 Å². The topological polar surface area (TPSA) is 65.5 Å². The number of esters is 2. The maximum atomic E-state index is 12.3. The lowest BCUT2D eigenvalue weighted by Crippen LogP contribution is -2.13. The van der Waals surface area contributed by atoms with E-state index in [-0.39, 0.29) is 11.4 Å². The molecule has 0 fully saturated rings. The first kappa shape index (κ1) is 33.1. The predicted octanol–water partition coefficient (Wildman–Crippen LogP) is 9.63. The fourth-order valence-corrected chi connectivity index (χ4v) is 4.50. The predicted molar refractivity (Wildman–Crippen MR) is 153 cm³/mol. The first-order valence-corrected chi connectivity index (χ1v) is 15.5. The van der Waals surface area contributed by atoms with Gasteiger partial charge in [-0.15, -0.1) is 0 Å². The minimum absolute atomic E-state index is 0.162. The monoisotopic (exact) mass is 517 g/mol.